The molecule has 5 heteroatoms. The zero-order chi connectivity index (χ0) is 37.0. The first kappa shape index (κ1) is 31.9. The molecule has 56 heavy (non-hydrogen) atoms. The van der Waals surface area contributed by atoms with Gasteiger partial charge in [0, 0.05) is 49.5 Å². The summed E-state index contributed by atoms with van der Waals surface area (Å²) in [6.45, 7) is 0. The van der Waals surface area contributed by atoms with E-state index in [1.165, 1.54) is 0 Å². The maximum Gasteiger partial charge on any atom is 0.160 e. The number of aromatic nitrogens is 4. The summed E-state index contributed by atoms with van der Waals surface area (Å²) in [5.74, 6) is 0.651. The van der Waals surface area contributed by atoms with Crippen molar-refractivity contribution < 1.29 is 4.42 Å². The minimum Gasteiger partial charge on any atom is -0.456 e. The fourth-order valence-corrected chi connectivity index (χ4v) is 7.95. The van der Waals surface area contributed by atoms with E-state index < -0.39 is 0 Å². The average Bonchev–Trinajstić information content (AvgIpc) is 3.86. The first-order valence-electron chi connectivity index (χ1n) is 18.8. The van der Waals surface area contributed by atoms with Crippen LogP contribution in [-0.2, 0) is 0 Å². The van der Waals surface area contributed by atoms with Crippen LogP contribution < -0.4 is 0 Å². The molecule has 0 atom stereocenters. The molecule has 0 aliphatic rings. The van der Waals surface area contributed by atoms with Crippen LogP contribution in [0.15, 0.2) is 199 Å². The van der Waals surface area contributed by atoms with E-state index in [-0.39, 0.29) is 0 Å². The molecule has 0 aliphatic carbocycles. The van der Waals surface area contributed by atoms with Gasteiger partial charge >= 0.3 is 0 Å². The van der Waals surface area contributed by atoms with Crippen LogP contribution in [-0.4, -0.2) is 19.6 Å². The molecule has 11 rings (SSSR count). The standard InChI is InChI=1S/C51H32N4O/c1-4-15-33(16-5-1)43-32-44(53-51(52-43)39-27-28-47-42(30-39)41-25-12-13-26-46(41)56-47)37-22-14-23-38(29-37)48-49(35-19-8-3-9-20-35)54-55-45(34-17-6-2-7-18-34)31-36-21-10-11-24-40(36)50(48)55/h1-32H. The van der Waals surface area contributed by atoms with Gasteiger partial charge < -0.3 is 4.42 Å². The third kappa shape index (κ3) is 5.37. The van der Waals surface area contributed by atoms with Crippen molar-refractivity contribution in [3.8, 4) is 67.5 Å². The van der Waals surface area contributed by atoms with Crippen LogP contribution in [0.4, 0.5) is 0 Å². The normalized spacial score (nSPS) is 11.6. The highest BCUT2D eigenvalue weighted by Gasteiger charge is 2.22. The minimum absolute atomic E-state index is 0.651. The summed E-state index contributed by atoms with van der Waals surface area (Å²) in [6.07, 6.45) is 0. The summed E-state index contributed by atoms with van der Waals surface area (Å²) in [5, 5.41) is 9.83. The highest BCUT2D eigenvalue weighted by Crippen LogP contribution is 2.42. The van der Waals surface area contributed by atoms with Gasteiger partial charge in [-0.2, -0.15) is 5.10 Å². The number of furan rings is 1. The van der Waals surface area contributed by atoms with Gasteiger partial charge in [-0.3, -0.25) is 0 Å². The molecule has 0 radical (unpaired) electrons. The number of benzene rings is 7. The van der Waals surface area contributed by atoms with Crippen LogP contribution in [0, 0.1) is 0 Å². The third-order valence-electron chi connectivity index (χ3n) is 10.6. The van der Waals surface area contributed by atoms with E-state index in [9.17, 15) is 0 Å². The lowest BCUT2D eigenvalue weighted by Crippen LogP contribution is -1.96. The van der Waals surface area contributed by atoms with Crippen molar-refractivity contribution in [3.63, 3.8) is 0 Å². The summed E-state index contributed by atoms with van der Waals surface area (Å²) in [7, 11) is 0. The zero-order valence-corrected chi connectivity index (χ0v) is 30.2. The second-order valence-corrected chi connectivity index (χ2v) is 14.1. The van der Waals surface area contributed by atoms with Crippen LogP contribution in [0.2, 0.25) is 0 Å². The highest BCUT2D eigenvalue weighted by atomic mass is 16.3. The van der Waals surface area contributed by atoms with Crippen LogP contribution >= 0.6 is 0 Å². The van der Waals surface area contributed by atoms with Gasteiger partial charge in [0.1, 0.15) is 16.9 Å². The smallest absolute Gasteiger partial charge is 0.160 e. The summed E-state index contributed by atoms with van der Waals surface area (Å²) in [5.41, 5.74) is 13.6. The Morgan fingerprint density at radius 1 is 0.393 bits per heavy atom. The Hall–Kier alpha value is -7.63. The van der Waals surface area contributed by atoms with Gasteiger partial charge in [0.2, 0.25) is 0 Å². The van der Waals surface area contributed by atoms with Gasteiger partial charge in [-0.05, 0) is 53.4 Å². The topological polar surface area (TPSA) is 56.2 Å². The maximum absolute atomic E-state index is 6.16. The Morgan fingerprint density at radius 3 is 1.79 bits per heavy atom. The molecule has 11 aromatic rings. The largest absolute Gasteiger partial charge is 0.456 e. The molecule has 0 amide bonds. The number of para-hydroxylation sites is 1. The Bertz CT molecular complexity index is 3240. The van der Waals surface area contributed by atoms with Crippen LogP contribution in [0.25, 0.3) is 106 Å². The number of fused-ring (bicyclic) bond motifs is 6. The average molecular weight is 717 g/mol. The summed E-state index contributed by atoms with van der Waals surface area (Å²) in [6, 6.07) is 67.3. The lowest BCUT2D eigenvalue weighted by Gasteiger charge is -2.12. The molecule has 0 bridgehead atoms. The molecule has 262 valence electrons. The predicted octanol–water partition coefficient (Wildman–Crippen LogP) is 13.2. The van der Waals surface area contributed by atoms with E-state index in [1.807, 2.05) is 48.5 Å². The predicted molar refractivity (Wildman–Crippen MR) is 228 cm³/mol. The van der Waals surface area contributed by atoms with Gasteiger partial charge in [-0.1, -0.05) is 152 Å². The van der Waals surface area contributed by atoms with E-state index in [2.05, 4.69) is 150 Å². The first-order valence-corrected chi connectivity index (χ1v) is 18.8. The number of hydrogen-bond donors (Lipinski definition) is 0. The van der Waals surface area contributed by atoms with Gasteiger partial charge in [-0.15, -0.1) is 0 Å². The summed E-state index contributed by atoms with van der Waals surface area (Å²) in [4.78, 5) is 10.4. The van der Waals surface area contributed by atoms with Crippen molar-refractivity contribution in [2.45, 2.75) is 0 Å². The van der Waals surface area contributed by atoms with Crippen LogP contribution in [0.3, 0.4) is 0 Å². The SMILES string of the molecule is c1ccc(-c2cc(-c3cccc(-c4c(-c5ccccc5)nn5c(-c6ccccc6)cc6ccccc6c45)c3)nc(-c3ccc4oc5ccccc5c4c3)n2)cc1. The van der Waals surface area contributed by atoms with E-state index >= 15 is 0 Å². The van der Waals surface area contributed by atoms with Crippen molar-refractivity contribution in [2.75, 3.05) is 0 Å². The molecule has 4 aromatic heterocycles. The van der Waals surface area contributed by atoms with Crippen molar-refractivity contribution in [1.82, 2.24) is 19.6 Å². The fourth-order valence-electron chi connectivity index (χ4n) is 7.95. The molecule has 0 fully saturated rings. The molecule has 0 saturated carbocycles. The number of rotatable bonds is 6. The molecule has 7 aromatic carbocycles. The molecule has 5 nitrogen and oxygen atoms in total. The Balaban J connectivity index is 1.15. The second kappa shape index (κ2) is 13.0. The summed E-state index contributed by atoms with van der Waals surface area (Å²) < 4.78 is 8.29. The minimum atomic E-state index is 0.651. The van der Waals surface area contributed by atoms with Crippen LogP contribution in [0.5, 0.6) is 0 Å². The van der Waals surface area contributed by atoms with Gasteiger partial charge in [0.25, 0.3) is 0 Å². The molecule has 0 aliphatic heterocycles. The van der Waals surface area contributed by atoms with E-state index in [0.29, 0.717) is 5.82 Å². The third-order valence-corrected chi connectivity index (χ3v) is 10.6. The van der Waals surface area contributed by atoms with E-state index in [0.717, 1.165) is 99.9 Å². The lowest BCUT2D eigenvalue weighted by atomic mass is 9.95. The molecule has 0 unspecified atom stereocenters. The molecule has 0 spiro atoms. The quantitative estimate of drug-likeness (QED) is 0.172. The molecular formula is C51H32N4O. The first-order chi connectivity index (χ1) is 27.7. The molecular weight excluding hydrogens is 685 g/mol. The molecule has 0 N–H and O–H groups in total. The Morgan fingerprint density at radius 2 is 1.00 bits per heavy atom. The monoisotopic (exact) mass is 716 g/mol. The van der Waals surface area contributed by atoms with Gasteiger partial charge in [0.15, 0.2) is 5.82 Å². The summed E-state index contributed by atoms with van der Waals surface area (Å²) >= 11 is 0. The van der Waals surface area contributed by atoms with E-state index in [4.69, 9.17) is 19.5 Å². The highest BCUT2D eigenvalue weighted by molar-refractivity contribution is 6.09. The van der Waals surface area contributed by atoms with Crippen molar-refractivity contribution >= 4 is 38.2 Å². The van der Waals surface area contributed by atoms with E-state index in [1.54, 1.807) is 0 Å². The lowest BCUT2D eigenvalue weighted by molar-refractivity contribution is 0.669. The molecule has 4 heterocycles. The second-order valence-electron chi connectivity index (χ2n) is 14.1. The Labute approximate surface area is 322 Å². The van der Waals surface area contributed by atoms with Crippen molar-refractivity contribution in [1.29, 1.82) is 0 Å². The van der Waals surface area contributed by atoms with Gasteiger partial charge in [-0.25, -0.2) is 14.5 Å². The van der Waals surface area contributed by atoms with Crippen molar-refractivity contribution in [3.05, 3.63) is 194 Å². The maximum atomic E-state index is 6.16. The fraction of sp³-hybridized carbons (Fsp3) is 0. The Kier molecular flexibility index (Phi) is 7.42. The number of pyridine rings is 1. The van der Waals surface area contributed by atoms with Crippen LogP contribution in [0.1, 0.15) is 0 Å². The number of nitrogens with zero attached hydrogens (tertiary/aromatic N) is 4. The van der Waals surface area contributed by atoms with Crippen molar-refractivity contribution in [2.24, 2.45) is 0 Å². The molecule has 0 saturated heterocycles. The van der Waals surface area contributed by atoms with Gasteiger partial charge in [0.05, 0.1) is 22.6 Å². The zero-order valence-electron chi connectivity index (χ0n) is 30.2. The number of hydrogen-bond acceptors (Lipinski definition) is 4.